The van der Waals surface area contributed by atoms with Crippen LogP contribution in [0.3, 0.4) is 0 Å². The third-order valence-electron chi connectivity index (χ3n) is 2.94. The number of benzene rings is 2. The lowest BCUT2D eigenvalue weighted by atomic mass is 10.1. The average molecular weight is 291 g/mol. The molecule has 0 atom stereocenters. The number of rotatable bonds is 4. The number of para-hydroxylation sites is 1. The standard InChI is InChI=1S/C15H15ClN2S/c1-18(13-5-3-2-4-6-13)10-12-8-7-11(15(17)19)9-14(12)16/h2-9H,10H2,1H3,(H2,17,19). The molecule has 0 fully saturated rings. The summed E-state index contributed by atoms with van der Waals surface area (Å²) in [7, 11) is 2.03. The van der Waals surface area contributed by atoms with Crippen LogP contribution in [0.1, 0.15) is 11.1 Å². The molecule has 0 radical (unpaired) electrons. The van der Waals surface area contributed by atoms with E-state index in [1.165, 1.54) is 0 Å². The zero-order valence-corrected chi connectivity index (χ0v) is 12.2. The van der Waals surface area contributed by atoms with Gasteiger partial charge in [0.25, 0.3) is 0 Å². The van der Waals surface area contributed by atoms with Crippen LogP contribution >= 0.6 is 23.8 Å². The maximum absolute atomic E-state index is 6.26. The second kappa shape index (κ2) is 6.04. The Morgan fingerprint density at radius 3 is 2.47 bits per heavy atom. The average Bonchev–Trinajstić information content (AvgIpc) is 2.41. The van der Waals surface area contributed by atoms with Gasteiger partial charge in [-0.25, -0.2) is 0 Å². The van der Waals surface area contributed by atoms with Gasteiger partial charge in [0.15, 0.2) is 0 Å². The molecule has 2 aromatic carbocycles. The minimum Gasteiger partial charge on any atom is -0.389 e. The zero-order valence-electron chi connectivity index (χ0n) is 10.6. The van der Waals surface area contributed by atoms with Crippen molar-refractivity contribution in [3.05, 3.63) is 64.7 Å². The van der Waals surface area contributed by atoms with Gasteiger partial charge in [-0.2, -0.15) is 0 Å². The number of nitrogens with two attached hydrogens (primary N) is 1. The predicted molar refractivity (Wildman–Crippen MR) is 85.9 cm³/mol. The summed E-state index contributed by atoms with van der Waals surface area (Å²) in [5, 5.41) is 0.688. The van der Waals surface area contributed by atoms with Crippen molar-refractivity contribution in [2.24, 2.45) is 5.73 Å². The van der Waals surface area contributed by atoms with Gasteiger partial charge in [-0.3, -0.25) is 0 Å². The lowest BCUT2D eigenvalue weighted by Gasteiger charge is -2.20. The molecule has 2 N–H and O–H groups in total. The summed E-state index contributed by atoms with van der Waals surface area (Å²) in [5.74, 6) is 0. The first-order valence-corrected chi connectivity index (χ1v) is 6.71. The third kappa shape index (κ3) is 3.46. The lowest BCUT2D eigenvalue weighted by Crippen LogP contribution is -2.17. The summed E-state index contributed by atoms with van der Waals surface area (Å²) < 4.78 is 0. The van der Waals surface area contributed by atoms with Crippen molar-refractivity contribution in [2.45, 2.75) is 6.54 Å². The van der Waals surface area contributed by atoms with E-state index in [-0.39, 0.29) is 0 Å². The number of anilines is 1. The van der Waals surface area contributed by atoms with Crippen molar-refractivity contribution in [3.8, 4) is 0 Å². The van der Waals surface area contributed by atoms with Gasteiger partial charge < -0.3 is 10.6 Å². The van der Waals surface area contributed by atoms with Crippen LogP contribution in [0.15, 0.2) is 48.5 Å². The smallest absolute Gasteiger partial charge is 0.104 e. The summed E-state index contributed by atoms with van der Waals surface area (Å²) in [6.45, 7) is 0.737. The maximum atomic E-state index is 6.26. The minimum absolute atomic E-state index is 0.366. The van der Waals surface area contributed by atoms with E-state index in [0.717, 1.165) is 23.4 Å². The summed E-state index contributed by atoms with van der Waals surface area (Å²) in [6.07, 6.45) is 0. The zero-order chi connectivity index (χ0) is 13.8. The molecule has 0 aliphatic carbocycles. The predicted octanol–water partition coefficient (Wildman–Crippen LogP) is 3.61. The highest BCUT2D eigenvalue weighted by molar-refractivity contribution is 7.80. The maximum Gasteiger partial charge on any atom is 0.104 e. The summed E-state index contributed by atoms with van der Waals surface area (Å²) in [6, 6.07) is 15.9. The molecule has 2 nitrogen and oxygen atoms in total. The largest absolute Gasteiger partial charge is 0.389 e. The Balaban J connectivity index is 2.18. The molecule has 19 heavy (non-hydrogen) atoms. The molecule has 0 aliphatic heterocycles. The highest BCUT2D eigenvalue weighted by Gasteiger charge is 2.07. The first kappa shape index (κ1) is 13.8. The molecule has 2 rings (SSSR count). The first-order chi connectivity index (χ1) is 9.08. The van der Waals surface area contributed by atoms with Crippen molar-refractivity contribution >= 4 is 34.5 Å². The van der Waals surface area contributed by atoms with E-state index in [0.29, 0.717) is 10.0 Å². The Bertz CT molecular complexity index is 584. The Morgan fingerprint density at radius 1 is 1.21 bits per heavy atom. The van der Waals surface area contributed by atoms with Crippen molar-refractivity contribution in [1.29, 1.82) is 0 Å². The fourth-order valence-corrected chi connectivity index (χ4v) is 2.23. The number of hydrogen-bond acceptors (Lipinski definition) is 2. The van der Waals surface area contributed by atoms with Crippen molar-refractivity contribution in [3.63, 3.8) is 0 Å². The Kier molecular flexibility index (Phi) is 4.40. The molecular formula is C15H15ClN2S. The van der Waals surface area contributed by atoms with Crippen LogP contribution in [-0.2, 0) is 6.54 Å². The van der Waals surface area contributed by atoms with Gasteiger partial charge in [0.1, 0.15) is 4.99 Å². The Morgan fingerprint density at radius 2 is 1.89 bits per heavy atom. The fourth-order valence-electron chi connectivity index (χ4n) is 1.86. The number of halogens is 1. The van der Waals surface area contributed by atoms with Crippen LogP contribution in [-0.4, -0.2) is 12.0 Å². The van der Waals surface area contributed by atoms with Crippen LogP contribution in [0.5, 0.6) is 0 Å². The highest BCUT2D eigenvalue weighted by atomic mass is 35.5. The second-order valence-electron chi connectivity index (χ2n) is 4.36. The lowest BCUT2D eigenvalue weighted by molar-refractivity contribution is 0.923. The molecule has 0 saturated carbocycles. The van der Waals surface area contributed by atoms with Gasteiger partial charge in [-0.15, -0.1) is 0 Å². The number of nitrogens with zero attached hydrogens (tertiary/aromatic N) is 1. The van der Waals surface area contributed by atoms with Crippen molar-refractivity contribution < 1.29 is 0 Å². The number of hydrogen-bond donors (Lipinski definition) is 1. The van der Waals surface area contributed by atoms with E-state index in [9.17, 15) is 0 Å². The third-order valence-corrected chi connectivity index (χ3v) is 3.53. The van der Waals surface area contributed by atoms with Crippen LogP contribution in [0.4, 0.5) is 5.69 Å². The SMILES string of the molecule is CN(Cc1ccc(C(N)=S)cc1Cl)c1ccccc1. The van der Waals surface area contributed by atoms with Gasteiger partial charge in [0, 0.05) is 29.9 Å². The summed E-state index contributed by atoms with van der Waals surface area (Å²) >= 11 is 11.2. The Hall–Kier alpha value is -1.58. The number of thiocarbonyl (C=S) groups is 1. The molecule has 0 spiro atoms. The molecule has 0 unspecified atom stereocenters. The van der Waals surface area contributed by atoms with Crippen LogP contribution in [0, 0.1) is 0 Å². The van der Waals surface area contributed by atoms with Crippen LogP contribution < -0.4 is 10.6 Å². The van der Waals surface area contributed by atoms with Gasteiger partial charge in [0.05, 0.1) is 0 Å². The molecule has 0 heterocycles. The summed E-state index contributed by atoms with van der Waals surface area (Å²) in [5.41, 5.74) is 8.58. The molecule has 0 bridgehead atoms. The van der Waals surface area contributed by atoms with Gasteiger partial charge in [0.2, 0.25) is 0 Å². The Labute approximate surface area is 123 Å². The van der Waals surface area contributed by atoms with Crippen LogP contribution in [0.2, 0.25) is 5.02 Å². The van der Waals surface area contributed by atoms with E-state index in [4.69, 9.17) is 29.6 Å². The molecule has 0 amide bonds. The van der Waals surface area contributed by atoms with E-state index >= 15 is 0 Å². The topological polar surface area (TPSA) is 29.3 Å². The monoisotopic (exact) mass is 290 g/mol. The van der Waals surface area contributed by atoms with Gasteiger partial charge in [-0.05, 0) is 23.8 Å². The molecular weight excluding hydrogens is 276 g/mol. The molecule has 2 aromatic rings. The molecule has 0 aromatic heterocycles. The molecule has 4 heteroatoms. The van der Waals surface area contributed by atoms with E-state index in [2.05, 4.69) is 17.0 Å². The normalized spacial score (nSPS) is 10.2. The van der Waals surface area contributed by atoms with Gasteiger partial charge in [-0.1, -0.05) is 54.2 Å². The van der Waals surface area contributed by atoms with Crippen LogP contribution in [0.25, 0.3) is 0 Å². The minimum atomic E-state index is 0.366. The van der Waals surface area contributed by atoms with Gasteiger partial charge >= 0.3 is 0 Å². The van der Waals surface area contributed by atoms with Crippen molar-refractivity contribution in [1.82, 2.24) is 0 Å². The molecule has 98 valence electrons. The van der Waals surface area contributed by atoms with E-state index in [1.807, 2.05) is 43.4 Å². The highest BCUT2D eigenvalue weighted by Crippen LogP contribution is 2.22. The molecule has 0 saturated heterocycles. The quantitative estimate of drug-likeness (QED) is 0.872. The van der Waals surface area contributed by atoms with E-state index < -0.39 is 0 Å². The molecule has 0 aliphatic rings. The fraction of sp³-hybridized carbons (Fsp3) is 0.133. The van der Waals surface area contributed by atoms with Crippen molar-refractivity contribution in [2.75, 3.05) is 11.9 Å². The van der Waals surface area contributed by atoms with E-state index in [1.54, 1.807) is 0 Å². The second-order valence-corrected chi connectivity index (χ2v) is 5.21. The summed E-state index contributed by atoms with van der Waals surface area (Å²) in [4.78, 5) is 2.51. The first-order valence-electron chi connectivity index (χ1n) is 5.92.